The average molecular weight is 97.1 g/mol. The van der Waals surface area contributed by atoms with Crippen LogP contribution in [0.25, 0.3) is 0 Å². The molecule has 0 atom stereocenters. The van der Waals surface area contributed by atoms with Crippen LogP contribution in [0.5, 0.6) is 0 Å². The van der Waals surface area contributed by atoms with E-state index in [1.807, 2.05) is 0 Å². The highest BCUT2D eigenvalue weighted by Crippen LogP contribution is 2.01. The molecule has 0 bridgehead atoms. The highest BCUT2D eigenvalue weighted by molar-refractivity contribution is 5.88. The van der Waals surface area contributed by atoms with Gasteiger partial charge in [0.1, 0.15) is 6.61 Å². The van der Waals surface area contributed by atoms with E-state index in [9.17, 15) is 4.79 Å². The Balaban J connectivity index is 2.72. The summed E-state index contributed by atoms with van der Waals surface area (Å²) in [4.78, 5) is 10.3. The molecular formula is C5H5O2. The van der Waals surface area contributed by atoms with Crippen molar-refractivity contribution in [2.45, 2.75) is 6.92 Å². The molecule has 0 spiro atoms. The Kier molecular flexibility index (Phi) is 0.855. The van der Waals surface area contributed by atoms with E-state index in [1.165, 1.54) is 0 Å². The number of carbonyl (C=O) groups is 1. The molecule has 0 aromatic heterocycles. The van der Waals surface area contributed by atoms with Crippen LogP contribution in [0.4, 0.5) is 0 Å². The number of hydrogen-bond donors (Lipinski definition) is 0. The fraction of sp³-hybridized carbons (Fsp3) is 0.400. The SMILES string of the molecule is CC1=[C]COC1=O. The Morgan fingerprint density at radius 1 is 1.86 bits per heavy atom. The van der Waals surface area contributed by atoms with Gasteiger partial charge in [0.2, 0.25) is 0 Å². The summed E-state index contributed by atoms with van der Waals surface area (Å²) in [6.07, 6.45) is 2.71. The predicted molar refractivity (Wildman–Crippen MR) is 23.4 cm³/mol. The minimum Gasteiger partial charge on any atom is -0.457 e. The molecule has 7 heavy (non-hydrogen) atoms. The Labute approximate surface area is 41.8 Å². The number of ether oxygens (including phenoxy) is 1. The Morgan fingerprint density at radius 3 is 2.71 bits per heavy atom. The molecule has 37 valence electrons. The molecule has 2 nitrogen and oxygen atoms in total. The zero-order valence-electron chi connectivity index (χ0n) is 4.02. The van der Waals surface area contributed by atoms with Gasteiger partial charge in [-0.15, -0.1) is 0 Å². The summed E-state index contributed by atoms with van der Waals surface area (Å²) in [7, 11) is 0. The molecule has 1 heterocycles. The summed E-state index contributed by atoms with van der Waals surface area (Å²) in [6, 6.07) is 0. The van der Waals surface area contributed by atoms with Gasteiger partial charge in [-0.05, 0) is 6.92 Å². The van der Waals surface area contributed by atoms with Crippen LogP contribution in [0.15, 0.2) is 5.57 Å². The van der Waals surface area contributed by atoms with Gasteiger partial charge in [-0.1, -0.05) is 0 Å². The van der Waals surface area contributed by atoms with Crippen molar-refractivity contribution in [3.63, 3.8) is 0 Å². The van der Waals surface area contributed by atoms with Gasteiger partial charge in [0.05, 0.1) is 0 Å². The monoisotopic (exact) mass is 97.0 g/mol. The molecule has 1 rings (SSSR count). The Bertz CT molecular complexity index is 124. The average Bonchev–Trinajstić information content (AvgIpc) is 1.91. The number of esters is 1. The number of cyclic esters (lactones) is 1. The highest BCUT2D eigenvalue weighted by Gasteiger charge is 2.10. The maximum Gasteiger partial charge on any atom is 0.334 e. The molecule has 0 unspecified atom stereocenters. The third-order valence-electron chi connectivity index (χ3n) is 0.847. The van der Waals surface area contributed by atoms with E-state index in [2.05, 4.69) is 10.8 Å². The first-order valence-corrected chi connectivity index (χ1v) is 2.05. The van der Waals surface area contributed by atoms with Gasteiger partial charge in [-0.25, -0.2) is 4.79 Å². The van der Waals surface area contributed by atoms with Gasteiger partial charge in [-0.3, -0.25) is 0 Å². The van der Waals surface area contributed by atoms with Crippen molar-refractivity contribution in [1.29, 1.82) is 0 Å². The second-order valence-electron chi connectivity index (χ2n) is 1.38. The molecule has 0 amide bonds. The largest absolute Gasteiger partial charge is 0.457 e. The van der Waals surface area contributed by atoms with Crippen LogP contribution in [0, 0.1) is 6.08 Å². The second-order valence-corrected chi connectivity index (χ2v) is 1.38. The van der Waals surface area contributed by atoms with Crippen molar-refractivity contribution in [2.75, 3.05) is 6.61 Å². The van der Waals surface area contributed by atoms with Crippen LogP contribution in [0.2, 0.25) is 0 Å². The van der Waals surface area contributed by atoms with Gasteiger partial charge in [0.15, 0.2) is 0 Å². The van der Waals surface area contributed by atoms with Crippen molar-refractivity contribution < 1.29 is 9.53 Å². The molecule has 1 radical (unpaired) electrons. The molecule has 0 aromatic carbocycles. The molecule has 0 fully saturated rings. The van der Waals surface area contributed by atoms with E-state index in [0.29, 0.717) is 12.2 Å². The fourth-order valence-corrected chi connectivity index (χ4v) is 0.390. The number of hydrogen-bond acceptors (Lipinski definition) is 2. The minimum atomic E-state index is -0.236. The van der Waals surface area contributed by atoms with E-state index in [4.69, 9.17) is 0 Å². The lowest BCUT2D eigenvalue weighted by Crippen LogP contribution is -1.94. The lowest BCUT2D eigenvalue weighted by atomic mass is 10.3. The molecule has 0 aromatic rings. The van der Waals surface area contributed by atoms with Crippen LogP contribution in [-0.4, -0.2) is 12.6 Å². The highest BCUT2D eigenvalue weighted by atomic mass is 16.5. The fourth-order valence-electron chi connectivity index (χ4n) is 0.390. The lowest BCUT2D eigenvalue weighted by molar-refractivity contribution is -0.135. The van der Waals surface area contributed by atoms with E-state index in [-0.39, 0.29) is 5.97 Å². The van der Waals surface area contributed by atoms with Crippen molar-refractivity contribution in [3.8, 4) is 0 Å². The number of carbonyl (C=O) groups excluding carboxylic acids is 1. The van der Waals surface area contributed by atoms with E-state index < -0.39 is 0 Å². The second kappa shape index (κ2) is 1.37. The smallest absolute Gasteiger partial charge is 0.334 e. The summed E-state index contributed by atoms with van der Waals surface area (Å²) < 4.78 is 4.48. The first-order chi connectivity index (χ1) is 3.30. The van der Waals surface area contributed by atoms with Gasteiger partial charge >= 0.3 is 5.97 Å². The van der Waals surface area contributed by atoms with Crippen LogP contribution in [0.3, 0.4) is 0 Å². The van der Waals surface area contributed by atoms with Crippen molar-refractivity contribution in [2.24, 2.45) is 0 Å². The summed E-state index contributed by atoms with van der Waals surface area (Å²) in [5, 5.41) is 0. The molecule has 0 aliphatic carbocycles. The maximum atomic E-state index is 10.3. The molecule has 0 N–H and O–H groups in total. The summed E-state index contributed by atoms with van der Waals surface area (Å²) in [5.74, 6) is -0.236. The first kappa shape index (κ1) is 4.37. The molecule has 0 saturated heterocycles. The standard InChI is InChI=1S/C5H5O2/c1-4-2-3-7-5(4)6/h3H2,1H3. The van der Waals surface area contributed by atoms with Gasteiger partial charge in [0, 0.05) is 11.6 Å². The van der Waals surface area contributed by atoms with E-state index >= 15 is 0 Å². The van der Waals surface area contributed by atoms with Crippen molar-refractivity contribution in [3.05, 3.63) is 11.6 Å². The number of rotatable bonds is 0. The summed E-state index contributed by atoms with van der Waals surface area (Å²) in [6.45, 7) is 2.03. The van der Waals surface area contributed by atoms with Crippen molar-refractivity contribution in [1.82, 2.24) is 0 Å². The molecule has 1 aliphatic heterocycles. The first-order valence-electron chi connectivity index (χ1n) is 2.05. The third kappa shape index (κ3) is 0.633. The summed E-state index contributed by atoms with van der Waals surface area (Å²) >= 11 is 0. The van der Waals surface area contributed by atoms with E-state index in [1.54, 1.807) is 6.92 Å². The molecule has 1 aliphatic rings. The minimum absolute atomic E-state index is 0.236. The quantitative estimate of drug-likeness (QED) is 0.406. The van der Waals surface area contributed by atoms with Gasteiger partial charge in [-0.2, -0.15) is 0 Å². The zero-order chi connectivity index (χ0) is 5.28. The Morgan fingerprint density at radius 2 is 2.57 bits per heavy atom. The molecule has 0 saturated carbocycles. The van der Waals surface area contributed by atoms with Crippen molar-refractivity contribution >= 4 is 5.97 Å². The van der Waals surface area contributed by atoms with E-state index in [0.717, 1.165) is 0 Å². The Hall–Kier alpha value is -0.790. The van der Waals surface area contributed by atoms with Gasteiger partial charge < -0.3 is 4.74 Å². The van der Waals surface area contributed by atoms with Crippen LogP contribution in [0.1, 0.15) is 6.92 Å². The molecular weight excluding hydrogens is 92.1 g/mol. The molecule has 2 heteroatoms. The lowest BCUT2D eigenvalue weighted by Gasteiger charge is -1.85. The maximum absolute atomic E-state index is 10.3. The zero-order valence-corrected chi connectivity index (χ0v) is 4.02. The van der Waals surface area contributed by atoms with Crippen LogP contribution in [-0.2, 0) is 9.53 Å². The predicted octanol–water partition coefficient (Wildman–Crippen LogP) is 0.293. The normalized spacial score (nSPS) is 19.0. The van der Waals surface area contributed by atoms with Crippen LogP contribution >= 0.6 is 0 Å². The third-order valence-corrected chi connectivity index (χ3v) is 0.847. The van der Waals surface area contributed by atoms with Gasteiger partial charge in [0.25, 0.3) is 0 Å². The van der Waals surface area contributed by atoms with Crippen LogP contribution < -0.4 is 0 Å². The summed E-state index contributed by atoms with van der Waals surface area (Å²) in [5.41, 5.74) is 0.597. The topological polar surface area (TPSA) is 26.3 Å².